The fourth-order valence-electron chi connectivity index (χ4n) is 4.89. The third-order valence-electron chi connectivity index (χ3n) is 6.51. The molecule has 0 bridgehead atoms. The molecule has 5 rings (SSSR count). The summed E-state index contributed by atoms with van der Waals surface area (Å²) in [6, 6.07) is 19.0. The zero-order chi connectivity index (χ0) is 25.4. The number of alkyl halides is 3. The van der Waals surface area contributed by atoms with Crippen molar-refractivity contribution in [3.8, 4) is 11.5 Å². The summed E-state index contributed by atoms with van der Waals surface area (Å²) in [7, 11) is 3.10. The Bertz CT molecular complexity index is 1420. The quantitative estimate of drug-likeness (QED) is 0.380. The number of para-hydroxylation sites is 2. The molecule has 9 heteroatoms. The number of imidazole rings is 1. The maximum atomic E-state index is 13.8. The summed E-state index contributed by atoms with van der Waals surface area (Å²) in [5.41, 5.74) is 3.15. The Labute approximate surface area is 205 Å². The van der Waals surface area contributed by atoms with E-state index in [0.717, 1.165) is 21.3 Å². The van der Waals surface area contributed by atoms with E-state index in [4.69, 9.17) is 9.47 Å². The second-order valence-electron chi connectivity index (χ2n) is 8.56. The van der Waals surface area contributed by atoms with Crippen LogP contribution in [-0.2, 0) is 23.9 Å². The SMILES string of the molecule is COc1cc2c(cc1OC)[C@@H](c1ccccc1)N(C(=O)Cn1c(C(F)(F)F)nc3ccccc31)CC2. The second-order valence-corrected chi connectivity index (χ2v) is 8.56. The van der Waals surface area contributed by atoms with E-state index in [1.807, 2.05) is 42.5 Å². The van der Waals surface area contributed by atoms with Crippen LogP contribution in [0.1, 0.15) is 28.6 Å². The number of methoxy groups -OCH3 is 2. The minimum atomic E-state index is -4.70. The lowest BCUT2D eigenvalue weighted by Crippen LogP contribution is -2.42. The number of hydrogen-bond donors (Lipinski definition) is 0. The van der Waals surface area contributed by atoms with Crippen LogP contribution >= 0.6 is 0 Å². The smallest absolute Gasteiger partial charge is 0.449 e. The zero-order valence-electron chi connectivity index (χ0n) is 19.7. The molecule has 6 nitrogen and oxygen atoms in total. The van der Waals surface area contributed by atoms with Crippen molar-refractivity contribution in [3.63, 3.8) is 0 Å². The lowest BCUT2D eigenvalue weighted by Gasteiger charge is -2.38. The van der Waals surface area contributed by atoms with E-state index >= 15 is 0 Å². The first kappa shape index (κ1) is 23.7. The van der Waals surface area contributed by atoms with Crippen molar-refractivity contribution >= 4 is 16.9 Å². The molecule has 36 heavy (non-hydrogen) atoms. The summed E-state index contributed by atoms with van der Waals surface area (Å²) in [6.07, 6.45) is -4.17. The van der Waals surface area contributed by atoms with Gasteiger partial charge in [0.25, 0.3) is 0 Å². The van der Waals surface area contributed by atoms with E-state index in [2.05, 4.69) is 4.98 Å². The van der Waals surface area contributed by atoms with Crippen molar-refractivity contribution in [2.75, 3.05) is 20.8 Å². The molecule has 186 valence electrons. The van der Waals surface area contributed by atoms with Crippen LogP contribution in [-0.4, -0.2) is 41.1 Å². The maximum absolute atomic E-state index is 13.8. The topological polar surface area (TPSA) is 56.6 Å². The molecule has 0 saturated carbocycles. The standard InChI is InChI=1S/C27H24F3N3O3/c1-35-22-14-18-12-13-32(25(17-8-4-3-5-9-17)19(18)15-23(22)36-2)24(34)16-33-21-11-7-6-10-20(21)31-26(33)27(28,29)30/h3-11,14-15,25H,12-13,16H2,1-2H3/t25-/m1/s1. The molecule has 0 radical (unpaired) electrons. The van der Waals surface area contributed by atoms with Gasteiger partial charge in [-0.1, -0.05) is 42.5 Å². The first-order valence-electron chi connectivity index (χ1n) is 11.4. The molecule has 0 N–H and O–H groups in total. The summed E-state index contributed by atoms with van der Waals surface area (Å²) < 4.78 is 53.4. The molecular formula is C27H24F3N3O3. The number of ether oxygens (including phenoxy) is 2. The number of fused-ring (bicyclic) bond motifs is 2. The minimum absolute atomic E-state index is 0.193. The van der Waals surface area contributed by atoms with Crippen LogP contribution in [0.4, 0.5) is 13.2 Å². The van der Waals surface area contributed by atoms with Gasteiger partial charge in [-0.15, -0.1) is 0 Å². The largest absolute Gasteiger partial charge is 0.493 e. The second kappa shape index (κ2) is 9.22. The predicted molar refractivity (Wildman–Crippen MR) is 128 cm³/mol. The molecular weight excluding hydrogens is 471 g/mol. The highest BCUT2D eigenvalue weighted by atomic mass is 19.4. The third-order valence-corrected chi connectivity index (χ3v) is 6.51. The van der Waals surface area contributed by atoms with Crippen LogP contribution in [0.3, 0.4) is 0 Å². The summed E-state index contributed by atoms with van der Waals surface area (Å²) in [5.74, 6) is -0.413. The van der Waals surface area contributed by atoms with Crippen molar-refractivity contribution in [1.29, 1.82) is 0 Å². The lowest BCUT2D eigenvalue weighted by atomic mass is 9.87. The molecule has 0 fully saturated rings. The molecule has 0 unspecified atom stereocenters. The van der Waals surface area contributed by atoms with Crippen molar-refractivity contribution in [2.24, 2.45) is 0 Å². The molecule has 2 heterocycles. The van der Waals surface area contributed by atoms with Gasteiger partial charge in [0.1, 0.15) is 6.54 Å². The Morgan fingerprint density at radius 2 is 1.67 bits per heavy atom. The van der Waals surface area contributed by atoms with Gasteiger partial charge in [0.05, 0.1) is 31.3 Å². The Morgan fingerprint density at radius 3 is 2.36 bits per heavy atom. The summed E-state index contributed by atoms with van der Waals surface area (Å²) in [5, 5.41) is 0. The van der Waals surface area contributed by atoms with Crippen LogP contribution in [0.25, 0.3) is 11.0 Å². The van der Waals surface area contributed by atoms with E-state index < -0.39 is 30.5 Å². The van der Waals surface area contributed by atoms with E-state index in [1.54, 1.807) is 30.2 Å². The van der Waals surface area contributed by atoms with Gasteiger partial charge in [0.2, 0.25) is 11.7 Å². The number of aromatic nitrogens is 2. The molecule has 1 aliphatic heterocycles. The summed E-state index contributed by atoms with van der Waals surface area (Å²) in [6.45, 7) is -0.143. The van der Waals surface area contributed by atoms with Gasteiger partial charge >= 0.3 is 6.18 Å². The average molecular weight is 496 g/mol. The first-order valence-corrected chi connectivity index (χ1v) is 11.4. The van der Waals surface area contributed by atoms with Crippen LogP contribution in [0.15, 0.2) is 66.7 Å². The van der Waals surface area contributed by atoms with E-state index in [9.17, 15) is 18.0 Å². The normalized spacial score (nSPS) is 15.6. The molecule has 1 aromatic heterocycles. The van der Waals surface area contributed by atoms with Crippen LogP contribution in [0.5, 0.6) is 11.5 Å². The molecule has 0 spiro atoms. The van der Waals surface area contributed by atoms with Gasteiger partial charge in [0.15, 0.2) is 11.5 Å². The zero-order valence-corrected chi connectivity index (χ0v) is 19.7. The molecule has 1 atom stereocenters. The van der Waals surface area contributed by atoms with Gasteiger partial charge in [-0.25, -0.2) is 4.98 Å². The Balaban J connectivity index is 1.59. The van der Waals surface area contributed by atoms with Crippen molar-refractivity contribution in [2.45, 2.75) is 25.2 Å². The lowest BCUT2D eigenvalue weighted by molar-refractivity contribution is -0.148. The molecule has 0 saturated heterocycles. The van der Waals surface area contributed by atoms with E-state index in [0.29, 0.717) is 24.5 Å². The fourth-order valence-corrected chi connectivity index (χ4v) is 4.89. The monoisotopic (exact) mass is 495 g/mol. The minimum Gasteiger partial charge on any atom is -0.493 e. The molecule has 1 amide bonds. The number of carbonyl (C=O) groups excluding carboxylic acids is 1. The number of nitrogens with zero attached hydrogens (tertiary/aromatic N) is 3. The number of benzene rings is 3. The predicted octanol–water partition coefficient (Wildman–Crippen LogP) is 5.25. The van der Waals surface area contributed by atoms with E-state index in [-0.39, 0.29) is 11.0 Å². The number of carbonyl (C=O) groups is 1. The average Bonchev–Trinajstić information content (AvgIpc) is 3.26. The maximum Gasteiger partial charge on any atom is 0.449 e. The highest BCUT2D eigenvalue weighted by Crippen LogP contribution is 2.41. The number of hydrogen-bond acceptors (Lipinski definition) is 4. The highest BCUT2D eigenvalue weighted by Gasteiger charge is 2.39. The Morgan fingerprint density at radius 1 is 1.00 bits per heavy atom. The Hall–Kier alpha value is -4.01. The van der Waals surface area contributed by atoms with Gasteiger partial charge < -0.3 is 18.9 Å². The van der Waals surface area contributed by atoms with Crippen molar-refractivity contribution < 1.29 is 27.4 Å². The van der Waals surface area contributed by atoms with Crippen LogP contribution in [0.2, 0.25) is 0 Å². The van der Waals surface area contributed by atoms with Crippen molar-refractivity contribution in [1.82, 2.24) is 14.5 Å². The van der Waals surface area contributed by atoms with E-state index in [1.165, 1.54) is 13.2 Å². The summed E-state index contributed by atoms with van der Waals surface area (Å²) in [4.78, 5) is 19.1. The van der Waals surface area contributed by atoms with Gasteiger partial charge in [-0.3, -0.25) is 4.79 Å². The third kappa shape index (κ3) is 4.14. The van der Waals surface area contributed by atoms with Gasteiger partial charge in [-0.2, -0.15) is 13.2 Å². The number of amides is 1. The fraction of sp³-hybridized carbons (Fsp3) is 0.259. The molecule has 3 aromatic carbocycles. The van der Waals surface area contributed by atoms with Gasteiger partial charge in [-0.05, 0) is 47.4 Å². The number of rotatable bonds is 5. The first-order chi connectivity index (χ1) is 17.3. The highest BCUT2D eigenvalue weighted by molar-refractivity contribution is 5.82. The van der Waals surface area contributed by atoms with Crippen molar-refractivity contribution in [3.05, 3.63) is 89.2 Å². The number of halogens is 3. The van der Waals surface area contributed by atoms with Crippen LogP contribution < -0.4 is 9.47 Å². The molecule has 1 aliphatic rings. The molecule has 0 aliphatic carbocycles. The van der Waals surface area contributed by atoms with Gasteiger partial charge in [0, 0.05) is 6.54 Å². The van der Waals surface area contributed by atoms with Crippen LogP contribution in [0, 0.1) is 0 Å². The molecule has 4 aromatic rings. The Kier molecular flexibility index (Phi) is 6.07. The summed E-state index contributed by atoms with van der Waals surface area (Å²) >= 11 is 0.